The van der Waals surface area contributed by atoms with Crippen LogP contribution in [0, 0.1) is 0 Å². The van der Waals surface area contributed by atoms with Gasteiger partial charge in [0.15, 0.2) is 0 Å². The highest BCUT2D eigenvalue weighted by molar-refractivity contribution is 6.30. The molecule has 0 spiro atoms. The summed E-state index contributed by atoms with van der Waals surface area (Å²) in [5.41, 5.74) is 0. The molecule has 0 N–H and O–H groups in total. The molecule has 0 aliphatic heterocycles. The molecule has 1 rings (SSSR count). The topological polar surface area (TPSA) is 16.1 Å². The maximum atomic E-state index is 5.71. The number of rotatable bonds is 3. The number of pyridine rings is 1. The van der Waals surface area contributed by atoms with Crippen molar-refractivity contribution < 1.29 is 0 Å². The van der Waals surface area contributed by atoms with Crippen LogP contribution in [0.25, 0.3) is 0 Å². The van der Waals surface area contributed by atoms with Crippen molar-refractivity contribution in [1.29, 1.82) is 0 Å². The smallest absolute Gasteiger partial charge is 0.128 e. The molecule has 2 nitrogen and oxygen atoms in total. The Hall–Kier alpha value is -0.760. The minimum atomic E-state index is 0.684. The van der Waals surface area contributed by atoms with Crippen molar-refractivity contribution in [2.24, 2.45) is 0 Å². The van der Waals surface area contributed by atoms with Crippen LogP contribution in [-0.2, 0) is 0 Å². The van der Waals surface area contributed by atoms with E-state index in [-0.39, 0.29) is 0 Å². The molecule has 0 unspecified atom stereocenters. The number of hydrogen-bond donors (Lipinski definition) is 0. The van der Waals surface area contributed by atoms with Gasteiger partial charge in [-0.25, -0.2) is 4.98 Å². The van der Waals surface area contributed by atoms with Gasteiger partial charge in [0.25, 0.3) is 0 Å². The highest BCUT2D eigenvalue weighted by Gasteiger charge is 1.99. The van der Waals surface area contributed by atoms with Crippen molar-refractivity contribution in [3.63, 3.8) is 0 Å². The van der Waals surface area contributed by atoms with Crippen LogP contribution in [0.4, 0.5) is 5.82 Å². The van der Waals surface area contributed by atoms with Crippen molar-refractivity contribution in [2.75, 3.05) is 18.5 Å². The molecule has 0 aliphatic carbocycles. The fourth-order valence-corrected chi connectivity index (χ4v) is 1.16. The lowest BCUT2D eigenvalue weighted by Crippen LogP contribution is -2.18. The molecule has 0 radical (unpaired) electrons. The van der Waals surface area contributed by atoms with Crippen LogP contribution < -0.4 is 4.90 Å². The minimum absolute atomic E-state index is 0.684. The predicted molar refractivity (Wildman–Crippen MR) is 52.8 cm³/mol. The molecule has 0 fully saturated rings. The Bertz CT molecular complexity index is 233. The SMILES string of the molecule is CCCN(C)c1ccc(Cl)cn1. The van der Waals surface area contributed by atoms with E-state index in [1.807, 2.05) is 19.2 Å². The van der Waals surface area contributed by atoms with Gasteiger partial charge in [-0.2, -0.15) is 0 Å². The Morgan fingerprint density at radius 3 is 2.75 bits per heavy atom. The first kappa shape index (κ1) is 9.33. The Kier molecular flexibility index (Phi) is 3.35. The summed E-state index contributed by atoms with van der Waals surface area (Å²) < 4.78 is 0. The zero-order valence-corrected chi connectivity index (χ0v) is 8.17. The second kappa shape index (κ2) is 4.31. The zero-order valence-electron chi connectivity index (χ0n) is 7.42. The fraction of sp³-hybridized carbons (Fsp3) is 0.444. The van der Waals surface area contributed by atoms with Gasteiger partial charge >= 0.3 is 0 Å². The van der Waals surface area contributed by atoms with Gasteiger partial charge in [0.1, 0.15) is 5.82 Å². The van der Waals surface area contributed by atoms with Crippen molar-refractivity contribution in [3.8, 4) is 0 Å². The van der Waals surface area contributed by atoms with Gasteiger partial charge in [-0.3, -0.25) is 0 Å². The van der Waals surface area contributed by atoms with E-state index in [2.05, 4.69) is 16.8 Å². The first-order valence-electron chi connectivity index (χ1n) is 4.06. The molecule has 1 aromatic rings. The molecular formula is C9H13ClN2. The first-order valence-corrected chi connectivity index (χ1v) is 4.44. The van der Waals surface area contributed by atoms with E-state index in [9.17, 15) is 0 Å². The van der Waals surface area contributed by atoms with E-state index in [4.69, 9.17) is 11.6 Å². The van der Waals surface area contributed by atoms with Crippen LogP contribution in [0.2, 0.25) is 5.02 Å². The highest BCUT2D eigenvalue weighted by Crippen LogP contribution is 2.12. The van der Waals surface area contributed by atoms with Crippen LogP contribution in [0.5, 0.6) is 0 Å². The molecule has 1 aromatic heterocycles. The second-order valence-electron chi connectivity index (χ2n) is 2.76. The number of anilines is 1. The summed E-state index contributed by atoms with van der Waals surface area (Å²) in [6.07, 6.45) is 2.80. The van der Waals surface area contributed by atoms with Crippen molar-refractivity contribution >= 4 is 17.4 Å². The summed E-state index contributed by atoms with van der Waals surface area (Å²) in [4.78, 5) is 6.30. The quantitative estimate of drug-likeness (QED) is 0.718. The number of nitrogens with zero attached hydrogens (tertiary/aromatic N) is 2. The summed E-state index contributed by atoms with van der Waals surface area (Å²) in [7, 11) is 2.03. The predicted octanol–water partition coefficient (Wildman–Crippen LogP) is 2.58. The molecule has 0 aliphatic rings. The molecular weight excluding hydrogens is 172 g/mol. The number of hydrogen-bond acceptors (Lipinski definition) is 2. The van der Waals surface area contributed by atoms with E-state index < -0.39 is 0 Å². The second-order valence-corrected chi connectivity index (χ2v) is 3.19. The van der Waals surface area contributed by atoms with Crippen LogP contribution in [-0.4, -0.2) is 18.6 Å². The van der Waals surface area contributed by atoms with Crippen LogP contribution in [0.3, 0.4) is 0 Å². The molecule has 0 bridgehead atoms. The number of halogens is 1. The molecule has 0 aromatic carbocycles. The van der Waals surface area contributed by atoms with Gasteiger partial charge in [0.05, 0.1) is 5.02 Å². The fourth-order valence-electron chi connectivity index (χ4n) is 1.04. The van der Waals surface area contributed by atoms with Crippen LogP contribution in [0.1, 0.15) is 13.3 Å². The average molecular weight is 185 g/mol. The van der Waals surface area contributed by atoms with Gasteiger partial charge in [-0.1, -0.05) is 18.5 Å². The molecule has 0 atom stereocenters. The van der Waals surface area contributed by atoms with Crippen molar-refractivity contribution in [1.82, 2.24) is 4.98 Å². The summed E-state index contributed by atoms with van der Waals surface area (Å²) in [5, 5.41) is 0.684. The van der Waals surface area contributed by atoms with Crippen molar-refractivity contribution in [2.45, 2.75) is 13.3 Å². The highest BCUT2D eigenvalue weighted by atomic mass is 35.5. The third-order valence-corrected chi connectivity index (χ3v) is 1.89. The monoisotopic (exact) mass is 184 g/mol. The third-order valence-electron chi connectivity index (χ3n) is 1.66. The van der Waals surface area contributed by atoms with Gasteiger partial charge in [0.2, 0.25) is 0 Å². The molecule has 0 saturated carbocycles. The summed E-state index contributed by atoms with van der Waals surface area (Å²) >= 11 is 5.71. The van der Waals surface area contributed by atoms with Crippen LogP contribution >= 0.6 is 11.6 Å². The largest absolute Gasteiger partial charge is 0.360 e. The summed E-state index contributed by atoms with van der Waals surface area (Å²) in [5.74, 6) is 0.973. The van der Waals surface area contributed by atoms with E-state index in [1.54, 1.807) is 6.20 Å². The molecule has 3 heteroatoms. The van der Waals surface area contributed by atoms with Gasteiger partial charge in [-0.05, 0) is 18.6 Å². The van der Waals surface area contributed by atoms with E-state index >= 15 is 0 Å². The Morgan fingerprint density at radius 1 is 1.50 bits per heavy atom. The van der Waals surface area contributed by atoms with Gasteiger partial charge in [0, 0.05) is 19.8 Å². The maximum absolute atomic E-state index is 5.71. The zero-order chi connectivity index (χ0) is 8.97. The third kappa shape index (κ3) is 2.38. The summed E-state index contributed by atoms with van der Waals surface area (Å²) in [6, 6.07) is 3.79. The Labute approximate surface area is 78.2 Å². The van der Waals surface area contributed by atoms with Gasteiger partial charge < -0.3 is 4.90 Å². The Balaban J connectivity index is 2.68. The van der Waals surface area contributed by atoms with E-state index in [0.29, 0.717) is 5.02 Å². The first-order chi connectivity index (χ1) is 5.74. The maximum Gasteiger partial charge on any atom is 0.128 e. The molecule has 0 amide bonds. The van der Waals surface area contributed by atoms with E-state index in [0.717, 1.165) is 18.8 Å². The lowest BCUT2D eigenvalue weighted by Gasteiger charge is -2.16. The van der Waals surface area contributed by atoms with E-state index in [1.165, 1.54) is 0 Å². The molecule has 0 saturated heterocycles. The minimum Gasteiger partial charge on any atom is -0.360 e. The lowest BCUT2D eigenvalue weighted by atomic mass is 10.4. The normalized spacial score (nSPS) is 9.92. The molecule has 1 heterocycles. The number of aromatic nitrogens is 1. The van der Waals surface area contributed by atoms with Crippen LogP contribution in [0.15, 0.2) is 18.3 Å². The Morgan fingerprint density at radius 2 is 2.25 bits per heavy atom. The average Bonchev–Trinajstić information content (AvgIpc) is 2.06. The molecule has 12 heavy (non-hydrogen) atoms. The van der Waals surface area contributed by atoms with Gasteiger partial charge in [-0.15, -0.1) is 0 Å². The van der Waals surface area contributed by atoms with Crippen molar-refractivity contribution in [3.05, 3.63) is 23.4 Å². The molecule has 66 valence electrons. The summed E-state index contributed by atoms with van der Waals surface area (Å²) in [6.45, 7) is 3.17. The standard InChI is InChI=1S/C9H13ClN2/c1-3-6-12(2)9-5-4-8(10)7-11-9/h4-5,7H,3,6H2,1-2H3. The lowest BCUT2D eigenvalue weighted by molar-refractivity contribution is 0.838.